The summed E-state index contributed by atoms with van der Waals surface area (Å²) < 4.78 is 23.2. The monoisotopic (exact) mass is 300 g/mol. The van der Waals surface area contributed by atoms with Gasteiger partial charge in [0.15, 0.2) is 9.84 Å². The third-order valence-electron chi connectivity index (χ3n) is 4.94. The predicted molar refractivity (Wildman–Crippen MR) is 77.1 cm³/mol. The highest BCUT2D eigenvalue weighted by Crippen LogP contribution is 2.33. The standard InChI is InChI=1S/C14H24N2O3S/c17-14(16-4-1-6-20(18,19)7-5-16)10-11-8-12-2-3-13(9-11)15-12/h11-13,15H,1-10H2. The van der Waals surface area contributed by atoms with Crippen molar-refractivity contribution in [3.63, 3.8) is 0 Å². The first-order valence-corrected chi connectivity index (χ1v) is 9.58. The van der Waals surface area contributed by atoms with E-state index in [2.05, 4.69) is 5.32 Å². The van der Waals surface area contributed by atoms with E-state index in [9.17, 15) is 13.2 Å². The van der Waals surface area contributed by atoms with Crippen LogP contribution in [0.25, 0.3) is 0 Å². The van der Waals surface area contributed by atoms with E-state index in [4.69, 9.17) is 0 Å². The zero-order valence-electron chi connectivity index (χ0n) is 11.9. The summed E-state index contributed by atoms with van der Waals surface area (Å²) in [6.45, 7) is 0.995. The van der Waals surface area contributed by atoms with Crippen molar-refractivity contribution in [2.45, 2.75) is 50.6 Å². The highest BCUT2D eigenvalue weighted by atomic mass is 32.2. The maximum Gasteiger partial charge on any atom is 0.222 e. The molecule has 6 heteroatoms. The Labute approximate surface area is 121 Å². The molecule has 0 aliphatic carbocycles. The van der Waals surface area contributed by atoms with Crippen molar-refractivity contribution < 1.29 is 13.2 Å². The Morgan fingerprint density at radius 3 is 2.50 bits per heavy atom. The number of carbonyl (C=O) groups excluding carboxylic acids is 1. The highest BCUT2D eigenvalue weighted by Gasteiger charge is 2.35. The Morgan fingerprint density at radius 2 is 1.80 bits per heavy atom. The molecule has 3 fully saturated rings. The Balaban J connectivity index is 1.54. The molecule has 2 unspecified atom stereocenters. The molecule has 0 saturated carbocycles. The number of fused-ring (bicyclic) bond motifs is 2. The van der Waals surface area contributed by atoms with E-state index in [1.807, 2.05) is 0 Å². The summed E-state index contributed by atoms with van der Waals surface area (Å²) >= 11 is 0. The summed E-state index contributed by atoms with van der Waals surface area (Å²) in [4.78, 5) is 14.1. The molecular weight excluding hydrogens is 276 g/mol. The first-order chi connectivity index (χ1) is 9.52. The molecule has 0 spiro atoms. The second-order valence-electron chi connectivity index (χ2n) is 6.57. The molecule has 2 atom stereocenters. The van der Waals surface area contributed by atoms with Gasteiger partial charge in [-0.3, -0.25) is 4.79 Å². The lowest BCUT2D eigenvalue weighted by Crippen LogP contribution is -2.41. The van der Waals surface area contributed by atoms with Crippen molar-refractivity contribution in [2.75, 3.05) is 24.6 Å². The summed E-state index contributed by atoms with van der Waals surface area (Å²) in [6, 6.07) is 1.21. The molecule has 3 saturated heterocycles. The van der Waals surface area contributed by atoms with E-state index < -0.39 is 9.84 Å². The van der Waals surface area contributed by atoms with Crippen LogP contribution in [0, 0.1) is 5.92 Å². The normalized spacial score (nSPS) is 36.6. The summed E-state index contributed by atoms with van der Waals surface area (Å²) in [6.07, 6.45) is 5.90. The summed E-state index contributed by atoms with van der Waals surface area (Å²) in [5.74, 6) is 1.01. The van der Waals surface area contributed by atoms with Gasteiger partial charge in [0, 0.05) is 31.6 Å². The Bertz CT molecular complexity index is 465. The maximum atomic E-state index is 12.4. The fourth-order valence-corrected chi connectivity index (χ4v) is 5.18. The molecule has 0 radical (unpaired) electrons. The number of hydrogen-bond acceptors (Lipinski definition) is 4. The Morgan fingerprint density at radius 1 is 1.10 bits per heavy atom. The van der Waals surface area contributed by atoms with Gasteiger partial charge < -0.3 is 10.2 Å². The largest absolute Gasteiger partial charge is 0.342 e. The van der Waals surface area contributed by atoms with E-state index >= 15 is 0 Å². The molecule has 2 bridgehead atoms. The van der Waals surface area contributed by atoms with Crippen LogP contribution in [0.2, 0.25) is 0 Å². The Kier molecular flexibility index (Phi) is 4.04. The fraction of sp³-hybridized carbons (Fsp3) is 0.929. The molecule has 114 valence electrons. The van der Waals surface area contributed by atoms with E-state index in [1.165, 1.54) is 12.8 Å². The molecular formula is C14H24N2O3S. The first-order valence-electron chi connectivity index (χ1n) is 7.76. The van der Waals surface area contributed by atoms with E-state index in [-0.39, 0.29) is 17.4 Å². The van der Waals surface area contributed by atoms with Crippen LogP contribution in [0.1, 0.15) is 38.5 Å². The number of nitrogens with one attached hydrogen (secondary N) is 1. The number of amides is 1. The van der Waals surface area contributed by atoms with Gasteiger partial charge in [0.25, 0.3) is 0 Å². The van der Waals surface area contributed by atoms with Crippen LogP contribution in [0.5, 0.6) is 0 Å². The van der Waals surface area contributed by atoms with Crippen molar-refractivity contribution in [3.05, 3.63) is 0 Å². The van der Waals surface area contributed by atoms with Crippen LogP contribution in [-0.4, -0.2) is 55.9 Å². The molecule has 20 heavy (non-hydrogen) atoms. The summed E-state index contributed by atoms with van der Waals surface area (Å²) in [7, 11) is -2.93. The number of carbonyl (C=O) groups is 1. The minimum Gasteiger partial charge on any atom is -0.342 e. The zero-order chi connectivity index (χ0) is 14.2. The second-order valence-corrected chi connectivity index (χ2v) is 8.87. The van der Waals surface area contributed by atoms with Gasteiger partial charge >= 0.3 is 0 Å². The zero-order valence-corrected chi connectivity index (χ0v) is 12.7. The SMILES string of the molecule is O=C(CC1CC2CCC(C1)N2)N1CCCS(=O)(=O)CC1. The van der Waals surface area contributed by atoms with Gasteiger partial charge in [-0.1, -0.05) is 0 Å². The highest BCUT2D eigenvalue weighted by molar-refractivity contribution is 7.91. The fourth-order valence-electron chi connectivity index (χ4n) is 3.91. The molecule has 1 amide bonds. The topological polar surface area (TPSA) is 66.5 Å². The van der Waals surface area contributed by atoms with Gasteiger partial charge in [0.05, 0.1) is 11.5 Å². The van der Waals surface area contributed by atoms with Crippen LogP contribution in [0.3, 0.4) is 0 Å². The molecule has 0 aromatic carbocycles. The molecule has 3 aliphatic heterocycles. The molecule has 1 N–H and O–H groups in total. The van der Waals surface area contributed by atoms with Gasteiger partial charge in [0.1, 0.15) is 0 Å². The number of piperidine rings is 1. The lowest BCUT2D eigenvalue weighted by molar-refractivity contribution is -0.132. The molecule has 5 nitrogen and oxygen atoms in total. The minimum absolute atomic E-state index is 0.135. The molecule has 3 heterocycles. The van der Waals surface area contributed by atoms with Crippen LogP contribution >= 0.6 is 0 Å². The smallest absolute Gasteiger partial charge is 0.222 e. The van der Waals surface area contributed by atoms with Crippen LogP contribution in [0.15, 0.2) is 0 Å². The van der Waals surface area contributed by atoms with Gasteiger partial charge in [-0.2, -0.15) is 0 Å². The number of sulfone groups is 1. The number of rotatable bonds is 2. The van der Waals surface area contributed by atoms with Crippen molar-refractivity contribution in [2.24, 2.45) is 5.92 Å². The number of hydrogen-bond donors (Lipinski definition) is 1. The quantitative estimate of drug-likeness (QED) is 0.809. The maximum absolute atomic E-state index is 12.4. The van der Waals surface area contributed by atoms with Crippen LogP contribution in [0.4, 0.5) is 0 Å². The minimum atomic E-state index is -2.93. The van der Waals surface area contributed by atoms with Crippen molar-refractivity contribution >= 4 is 15.7 Å². The third kappa shape index (κ3) is 3.34. The van der Waals surface area contributed by atoms with Crippen LogP contribution in [-0.2, 0) is 14.6 Å². The van der Waals surface area contributed by atoms with Gasteiger partial charge in [-0.25, -0.2) is 8.42 Å². The predicted octanol–water partition coefficient (Wildman–Crippen LogP) is 0.554. The van der Waals surface area contributed by atoms with E-state index in [1.54, 1.807) is 4.90 Å². The molecule has 0 aromatic rings. The summed E-state index contributed by atoms with van der Waals surface area (Å²) in [5, 5.41) is 3.59. The van der Waals surface area contributed by atoms with E-state index in [0.717, 1.165) is 12.8 Å². The molecule has 0 aromatic heterocycles. The Hall–Kier alpha value is -0.620. The van der Waals surface area contributed by atoms with Gasteiger partial charge in [-0.15, -0.1) is 0 Å². The lowest BCUT2D eigenvalue weighted by atomic mass is 9.89. The van der Waals surface area contributed by atoms with Crippen molar-refractivity contribution in [3.8, 4) is 0 Å². The average molecular weight is 300 g/mol. The number of nitrogens with zero attached hydrogens (tertiary/aromatic N) is 1. The van der Waals surface area contributed by atoms with Crippen LogP contribution < -0.4 is 5.32 Å². The average Bonchev–Trinajstić information content (AvgIpc) is 2.61. The molecule has 3 rings (SSSR count). The van der Waals surface area contributed by atoms with E-state index in [0.29, 0.717) is 43.9 Å². The van der Waals surface area contributed by atoms with Gasteiger partial charge in [0.2, 0.25) is 5.91 Å². The molecule has 3 aliphatic rings. The third-order valence-corrected chi connectivity index (χ3v) is 6.66. The van der Waals surface area contributed by atoms with Crippen molar-refractivity contribution in [1.82, 2.24) is 10.2 Å². The summed E-state index contributed by atoms with van der Waals surface area (Å²) in [5.41, 5.74) is 0. The lowest BCUT2D eigenvalue weighted by Gasteiger charge is -2.30. The van der Waals surface area contributed by atoms with Gasteiger partial charge in [-0.05, 0) is 38.0 Å². The van der Waals surface area contributed by atoms with Crippen molar-refractivity contribution in [1.29, 1.82) is 0 Å². The second kappa shape index (κ2) is 5.64. The first kappa shape index (κ1) is 14.3.